The van der Waals surface area contributed by atoms with Crippen LogP contribution < -0.4 is 0 Å². The number of pyridine rings is 1. The second-order valence-electron chi connectivity index (χ2n) is 3.64. The molecule has 1 aromatic heterocycles. The summed E-state index contributed by atoms with van der Waals surface area (Å²) in [6.07, 6.45) is -9.00. The molecule has 9 heteroatoms. The van der Waals surface area contributed by atoms with Gasteiger partial charge < -0.3 is 4.74 Å². The molecule has 0 unspecified atom stereocenters. The molecule has 0 radical (unpaired) electrons. The minimum absolute atomic E-state index is 0.0274. The van der Waals surface area contributed by atoms with Crippen LogP contribution in [0.2, 0.25) is 5.02 Å². The van der Waals surface area contributed by atoms with Crippen LogP contribution in [-0.4, -0.2) is 17.6 Å². The van der Waals surface area contributed by atoms with Gasteiger partial charge in [0.15, 0.2) is 0 Å². The maximum atomic E-state index is 12.8. The van der Waals surface area contributed by atoms with Gasteiger partial charge in [-0.3, -0.25) is 4.79 Å². The number of aromatic nitrogens is 1. The maximum absolute atomic E-state index is 12.8. The van der Waals surface area contributed by atoms with Crippen LogP contribution >= 0.6 is 11.6 Å². The van der Waals surface area contributed by atoms with Crippen molar-refractivity contribution in [3.8, 4) is 0 Å². The van der Waals surface area contributed by atoms with Crippen LogP contribution in [0.25, 0.3) is 0 Å². The Hall–Kier alpha value is -1.44. The summed E-state index contributed by atoms with van der Waals surface area (Å²) in [5, 5.41) is -0.601. The highest BCUT2D eigenvalue weighted by atomic mass is 35.5. The second kappa shape index (κ2) is 6.34. The highest BCUT2D eigenvalue weighted by Crippen LogP contribution is 2.36. The molecule has 112 valence electrons. The molecule has 1 heterocycles. The SMILES string of the molecule is CCOC(=O)Cc1c(Cl)cc(C(F)F)nc1C(F)(F)F. The normalized spacial score (nSPS) is 11.8. The summed E-state index contributed by atoms with van der Waals surface area (Å²) in [6.45, 7) is 1.45. The Morgan fingerprint density at radius 2 is 2.05 bits per heavy atom. The number of esters is 1. The molecule has 0 aliphatic carbocycles. The molecule has 0 aliphatic rings. The van der Waals surface area contributed by atoms with Gasteiger partial charge in [-0.2, -0.15) is 13.2 Å². The minimum atomic E-state index is -5.00. The van der Waals surface area contributed by atoms with E-state index < -0.39 is 47.0 Å². The van der Waals surface area contributed by atoms with Crippen molar-refractivity contribution in [3.05, 3.63) is 28.0 Å². The minimum Gasteiger partial charge on any atom is -0.466 e. The Labute approximate surface area is 115 Å². The quantitative estimate of drug-likeness (QED) is 0.626. The molecule has 0 amide bonds. The van der Waals surface area contributed by atoms with E-state index in [0.717, 1.165) is 0 Å². The largest absolute Gasteiger partial charge is 0.466 e. The predicted octanol–water partition coefficient (Wildman–Crippen LogP) is 3.80. The van der Waals surface area contributed by atoms with E-state index in [-0.39, 0.29) is 6.61 Å². The molecular formula is C11H9ClF5NO2. The first-order valence-electron chi connectivity index (χ1n) is 5.37. The maximum Gasteiger partial charge on any atom is 0.433 e. The van der Waals surface area contributed by atoms with E-state index in [1.54, 1.807) is 0 Å². The monoisotopic (exact) mass is 317 g/mol. The van der Waals surface area contributed by atoms with Crippen molar-refractivity contribution in [2.45, 2.75) is 25.9 Å². The molecule has 0 N–H and O–H groups in total. The fourth-order valence-electron chi connectivity index (χ4n) is 1.43. The Kier molecular flexibility index (Phi) is 5.27. The van der Waals surface area contributed by atoms with Gasteiger partial charge in [0.2, 0.25) is 0 Å². The first-order chi connectivity index (χ1) is 9.16. The van der Waals surface area contributed by atoms with Gasteiger partial charge >= 0.3 is 12.1 Å². The summed E-state index contributed by atoms with van der Waals surface area (Å²) in [7, 11) is 0. The van der Waals surface area contributed by atoms with Gasteiger partial charge in [-0.05, 0) is 13.0 Å². The molecule has 1 aromatic rings. The standard InChI is InChI=1S/C11H9ClF5NO2/c1-2-20-8(19)3-5-6(12)4-7(10(13)14)18-9(5)11(15,16)17/h4,10H,2-3H2,1H3. The molecule has 0 bridgehead atoms. The van der Waals surface area contributed by atoms with Crippen molar-refractivity contribution in [1.82, 2.24) is 4.98 Å². The molecule has 0 atom stereocenters. The molecule has 1 rings (SSSR count). The summed E-state index contributed by atoms with van der Waals surface area (Å²) >= 11 is 5.55. The van der Waals surface area contributed by atoms with Gasteiger partial charge in [0, 0.05) is 10.6 Å². The van der Waals surface area contributed by atoms with Crippen LogP contribution in [0.1, 0.15) is 30.3 Å². The van der Waals surface area contributed by atoms with Gasteiger partial charge in [0.05, 0.1) is 13.0 Å². The summed E-state index contributed by atoms with van der Waals surface area (Å²) in [5.74, 6) is -0.952. The number of rotatable bonds is 4. The molecule has 3 nitrogen and oxygen atoms in total. The average Bonchev–Trinajstić information content (AvgIpc) is 2.29. The van der Waals surface area contributed by atoms with Crippen LogP contribution in [0.4, 0.5) is 22.0 Å². The lowest BCUT2D eigenvalue weighted by Gasteiger charge is -2.14. The summed E-state index contributed by atoms with van der Waals surface area (Å²) < 4.78 is 67.8. The highest BCUT2D eigenvalue weighted by molar-refractivity contribution is 6.31. The summed E-state index contributed by atoms with van der Waals surface area (Å²) in [4.78, 5) is 14.1. The Morgan fingerprint density at radius 1 is 1.45 bits per heavy atom. The Morgan fingerprint density at radius 3 is 2.50 bits per heavy atom. The molecule has 0 aliphatic heterocycles. The third-order valence-corrected chi connectivity index (χ3v) is 2.55. The molecule has 0 spiro atoms. The molecule has 0 aromatic carbocycles. The van der Waals surface area contributed by atoms with Crippen LogP contribution in [0.5, 0.6) is 0 Å². The van der Waals surface area contributed by atoms with Crippen molar-refractivity contribution in [2.75, 3.05) is 6.61 Å². The molecule has 0 saturated carbocycles. The summed E-state index contributed by atoms with van der Waals surface area (Å²) in [5.41, 5.74) is -3.38. The second-order valence-corrected chi connectivity index (χ2v) is 4.04. The lowest BCUT2D eigenvalue weighted by Crippen LogP contribution is -2.18. The van der Waals surface area contributed by atoms with Crippen LogP contribution in [0, 0.1) is 0 Å². The summed E-state index contributed by atoms with van der Waals surface area (Å²) in [6, 6.07) is 0.607. The molecular weight excluding hydrogens is 309 g/mol. The number of carbonyl (C=O) groups excluding carboxylic acids is 1. The van der Waals surface area contributed by atoms with Crippen LogP contribution in [0.15, 0.2) is 6.07 Å². The van der Waals surface area contributed by atoms with Crippen molar-refractivity contribution in [2.24, 2.45) is 0 Å². The van der Waals surface area contributed by atoms with Crippen molar-refractivity contribution < 1.29 is 31.5 Å². The van der Waals surface area contributed by atoms with Crippen molar-refractivity contribution in [3.63, 3.8) is 0 Å². The highest BCUT2D eigenvalue weighted by Gasteiger charge is 2.38. The number of halogens is 6. The number of hydrogen-bond acceptors (Lipinski definition) is 3. The average molecular weight is 318 g/mol. The van der Waals surface area contributed by atoms with Gasteiger partial charge in [-0.1, -0.05) is 11.6 Å². The molecule has 0 fully saturated rings. The Bertz CT molecular complexity index is 504. The first-order valence-corrected chi connectivity index (χ1v) is 5.74. The van der Waals surface area contributed by atoms with Gasteiger partial charge in [0.25, 0.3) is 6.43 Å². The molecule has 20 heavy (non-hydrogen) atoms. The zero-order valence-corrected chi connectivity index (χ0v) is 10.9. The number of alkyl halides is 5. The smallest absolute Gasteiger partial charge is 0.433 e. The van der Waals surface area contributed by atoms with E-state index in [4.69, 9.17) is 11.6 Å². The van der Waals surface area contributed by atoms with Gasteiger partial charge in [0.1, 0.15) is 11.4 Å². The van der Waals surface area contributed by atoms with E-state index in [0.29, 0.717) is 6.07 Å². The zero-order chi connectivity index (χ0) is 15.5. The fourth-order valence-corrected chi connectivity index (χ4v) is 1.70. The number of hydrogen-bond donors (Lipinski definition) is 0. The number of nitrogens with zero attached hydrogens (tertiary/aromatic N) is 1. The first kappa shape index (κ1) is 16.6. The van der Waals surface area contributed by atoms with E-state index in [1.807, 2.05) is 0 Å². The zero-order valence-electron chi connectivity index (χ0n) is 10.1. The van der Waals surface area contributed by atoms with E-state index in [9.17, 15) is 26.7 Å². The third kappa shape index (κ3) is 4.03. The fraction of sp³-hybridized carbons (Fsp3) is 0.455. The lowest BCUT2D eigenvalue weighted by molar-refractivity contribution is -0.144. The predicted molar refractivity (Wildman–Crippen MR) is 59.5 cm³/mol. The van der Waals surface area contributed by atoms with E-state index in [1.165, 1.54) is 6.92 Å². The van der Waals surface area contributed by atoms with E-state index >= 15 is 0 Å². The van der Waals surface area contributed by atoms with Crippen molar-refractivity contribution in [1.29, 1.82) is 0 Å². The number of ether oxygens (including phenoxy) is 1. The van der Waals surface area contributed by atoms with Crippen LogP contribution in [0.3, 0.4) is 0 Å². The Balaban J connectivity index is 3.31. The number of carbonyl (C=O) groups is 1. The third-order valence-electron chi connectivity index (χ3n) is 2.21. The van der Waals surface area contributed by atoms with E-state index in [2.05, 4.69) is 9.72 Å². The van der Waals surface area contributed by atoms with Crippen LogP contribution in [-0.2, 0) is 22.1 Å². The molecule has 0 saturated heterocycles. The van der Waals surface area contributed by atoms with Crippen molar-refractivity contribution >= 4 is 17.6 Å². The lowest BCUT2D eigenvalue weighted by atomic mass is 10.1. The topological polar surface area (TPSA) is 39.2 Å². The van der Waals surface area contributed by atoms with Gasteiger partial charge in [-0.25, -0.2) is 13.8 Å². The van der Waals surface area contributed by atoms with Gasteiger partial charge in [-0.15, -0.1) is 0 Å².